The Morgan fingerprint density at radius 3 is 2.77 bits per heavy atom. The van der Waals surface area contributed by atoms with Crippen molar-refractivity contribution < 1.29 is 27.9 Å². The zero-order valence-corrected chi connectivity index (χ0v) is 19.1. The molecular weight excluding hydrogens is 416 g/mol. The third-order valence-electron chi connectivity index (χ3n) is 6.55. The Hall–Kier alpha value is -1.87. The van der Waals surface area contributed by atoms with Gasteiger partial charge in [0.05, 0.1) is 52.3 Å². The number of rotatable bonds is 11. The molecule has 1 amide bonds. The lowest BCUT2D eigenvalue weighted by Gasteiger charge is -2.52. The van der Waals surface area contributed by atoms with Gasteiger partial charge < -0.3 is 23.1 Å². The average Bonchev–Trinajstić information content (AvgIpc) is 3.48. The summed E-state index contributed by atoms with van der Waals surface area (Å²) in [5.41, 5.74) is 0. The lowest BCUT2D eigenvalue weighted by molar-refractivity contribution is -0.946. The average molecular weight is 450 g/mol. The van der Waals surface area contributed by atoms with Gasteiger partial charge in [-0.2, -0.15) is 0 Å². The number of ether oxygens (including phenoxy) is 3. The molecule has 170 valence electrons. The Bertz CT molecular complexity index is 751. The minimum atomic E-state index is -0.252. The molecule has 0 N–H and O–H groups in total. The number of nitrogens with zero attached hydrogens (tertiary/aromatic N) is 2. The van der Waals surface area contributed by atoms with Crippen molar-refractivity contribution in [1.82, 2.24) is 4.90 Å². The second kappa shape index (κ2) is 10.6. The van der Waals surface area contributed by atoms with Crippen LogP contribution < -0.4 is 0 Å². The van der Waals surface area contributed by atoms with Gasteiger partial charge in [0.15, 0.2) is 6.10 Å². The fraction of sp³-hybridized carbons (Fsp3) is 0.609. The first kappa shape index (κ1) is 22.3. The molecule has 7 nitrogen and oxygen atoms in total. The SMILES string of the molecule is COCCOCC[N+]12CCC(CC1)[C@@H](OC(=O)N(Cc1ccco1)Cc1cccs1)C2. The Balaban J connectivity index is 1.36. The maximum Gasteiger partial charge on any atom is 0.411 e. The molecular formula is C23H33N2O5S+. The summed E-state index contributed by atoms with van der Waals surface area (Å²) in [5, 5.41) is 2.03. The van der Waals surface area contributed by atoms with Crippen molar-refractivity contribution in [3.05, 3.63) is 46.5 Å². The highest BCUT2D eigenvalue weighted by molar-refractivity contribution is 7.09. The molecule has 3 saturated heterocycles. The molecule has 31 heavy (non-hydrogen) atoms. The van der Waals surface area contributed by atoms with Gasteiger partial charge in [-0.1, -0.05) is 6.07 Å². The number of hydrogen-bond donors (Lipinski definition) is 0. The van der Waals surface area contributed by atoms with Crippen molar-refractivity contribution >= 4 is 17.4 Å². The van der Waals surface area contributed by atoms with Crippen LogP contribution in [0.15, 0.2) is 40.3 Å². The number of methoxy groups -OCH3 is 1. The molecule has 0 saturated carbocycles. The summed E-state index contributed by atoms with van der Waals surface area (Å²) in [6, 6.07) is 7.80. The number of furan rings is 1. The summed E-state index contributed by atoms with van der Waals surface area (Å²) < 4.78 is 23.4. The number of fused-ring (bicyclic) bond motifs is 3. The van der Waals surface area contributed by atoms with Gasteiger partial charge in [-0.3, -0.25) is 4.90 Å². The molecule has 0 radical (unpaired) electrons. The van der Waals surface area contributed by atoms with Crippen LogP contribution in [0, 0.1) is 5.92 Å². The van der Waals surface area contributed by atoms with Gasteiger partial charge in [-0.05, 0) is 23.6 Å². The van der Waals surface area contributed by atoms with Crippen molar-refractivity contribution in [2.24, 2.45) is 5.92 Å². The molecule has 1 atom stereocenters. The summed E-state index contributed by atoms with van der Waals surface area (Å²) in [4.78, 5) is 16.1. The largest absolute Gasteiger partial charge is 0.467 e. The fourth-order valence-electron chi connectivity index (χ4n) is 4.74. The number of piperidine rings is 3. The van der Waals surface area contributed by atoms with Crippen molar-refractivity contribution in [1.29, 1.82) is 0 Å². The first-order valence-corrected chi connectivity index (χ1v) is 12.0. The number of amides is 1. The van der Waals surface area contributed by atoms with E-state index < -0.39 is 0 Å². The van der Waals surface area contributed by atoms with Crippen LogP contribution in [0.5, 0.6) is 0 Å². The first-order valence-electron chi connectivity index (χ1n) is 11.1. The molecule has 3 fully saturated rings. The van der Waals surface area contributed by atoms with E-state index in [0.717, 1.165) is 60.7 Å². The molecule has 0 unspecified atom stereocenters. The third-order valence-corrected chi connectivity index (χ3v) is 7.41. The van der Waals surface area contributed by atoms with E-state index >= 15 is 0 Å². The molecule has 8 heteroatoms. The molecule has 2 aromatic rings. The summed E-state index contributed by atoms with van der Waals surface area (Å²) in [7, 11) is 1.69. The van der Waals surface area contributed by atoms with E-state index in [4.69, 9.17) is 18.6 Å². The standard InChI is InChI=1S/C23H33N2O5S/c1-27-13-14-28-12-10-25-8-6-19(7-9-25)22(18-25)30-23(26)24(16-20-4-2-11-29-20)17-21-5-3-15-31-21/h2-5,11,15,19,22H,6-10,12-14,16-18H2,1H3/q+1/t19?,22-,25?/m0/s1. The number of carbonyl (C=O) groups is 1. The van der Waals surface area contributed by atoms with Crippen molar-refractivity contribution in [3.8, 4) is 0 Å². The zero-order valence-electron chi connectivity index (χ0n) is 18.2. The fourth-order valence-corrected chi connectivity index (χ4v) is 5.46. The molecule has 3 aliphatic rings. The summed E-state index contributed by atoms with van der Waals surface area (Å²) in [6.45, 7) is 7.07. The van der Waals surface area contributed by atoms with Crippen LogP contribution in [-0.2, 0) is 27.3 Å². The number of carbonyl (C=O) groups excluding carboxylic acids is 1. The van der Waals surface area contributed by atoms with Crippen LogP contribution in [0.25, 0.3) is 0 Å². The Morgan fingerprint density at radius 1 is 1.19 bits per heavy atom. The summed E-state index contributed by atoms with van der Waals surface area (Å²) in [6.07, 6.45) is 3.58. The van der Waals surface area contributed by atoms with Gasteiger partial charge in [0.1, 0.15) is 18.8 Å². The van der Waals surface area contributed by atoms with Crippen LogP contribution >= 0.6 is 11.3 Å². The van der Waals surface area contributed by atoms with Crippen molar-refractivity contribution in [3.63, 3.8) is 0 Å². The van der Waals surface area contributed by atoms with E-state index in [-0.39, 0.29) is 12.2 Å². The predicted octanol–water partition coefficient (Wildman–Crippen LogP) is 3.75. The summed E-state index contributed by atoms with van der Waals surface area (Å²) in [5.74, 6) is 1.23. The lowest BCUT2D eigenvalue weighted by atomic mass is 9.83. The monoisotopic (exact) mass is 449 g/mol. The van der Waals surface area contributed by atoms with Gasteiger partial charge in [0.2, 0.25) is 0 Å². The maximum absolute atomic E-state index is 13.2. The number of quaternary nitrogens is 1. The van der Waals surface area contributed by atoms with Gasteiger partial charge in [0, 0.05) is 30.7 Å². The van der Waals surface area contributed by atoms with Gasteiger partial charge in [-0.15, -0.1) is 11.3 Å². The normalized spacial score (nSPS) is 24.9. The lowest BCUT2D eigenvalue weighted by Crippen LogP contribution is -2.65. The highest BCUT2D eigenvalue weighted by Crippen LogP contribution is 2.35. The molecule has 0 aromatic carbocycles. The van der Waals surface area contributed by atoms with Crippen molar-refractivity contribution in [2.75, 3.05) is 53.1 Å². The Morgan fingerprint density at radius 2 is 2.06 bits per heavy atom. The maximum atomic E-state index is 13.2. The van der Waals surface area contributed by atoms with Gasteiger partial charge in [0.25, 0.3) is 0 Å². The van der Waals surface area contributed by atoms with Gasteiger partial charge >= 0.3 is 6.09 Å². The predicted molar refractivity (Wildman–Crippen MR) is 118 cm³/mol. The van der Waals surface area contributed by atoms with E-state index in [1.807, 2.05) is 29.6 Å². The van der Waals surface area contributed by atoms with Crippen LogP contribution in [0.2, 0.25) is 0 Å². The smallest absolute Gasteiger partial charge is 0.411 e. The van der Waals surface area contributed by atoms with E-state index in [9.17, 15) is 4.79 Å². The van der Waals surface area contributed by atoms with E-state index in [1.165, 1.54) is 0 Å². The zero-order chi connectivity index (χ0) is 21.5. The van der Waals surface area contributed by atoms with Crippen LogP contribution in [-0.4, -0.2) is 74.7 Å². The number of thiophene rings is 1. The second-order valence-corrected chi connectivity index (χ2v) is 9.61. The minimum absolute atomic E-state index is 0.0311. The molecule has 0 spiro atoms. The third kappa shape index (κ3) is 5.88. The van der Waals surface area contributed by atoms with Crippen molar-refractivity contribution in [2.45, 2.75) is 32.0 Å². The highest BCUT2D eigenvalue weighted by Gasteiger charge is 2.47. The molecule has 3 aliphatic heterocycles. The van der Waals surface area contributed by atoms with E-state index in [1.54, 1.807) is 29.6 Å². The van der Waals surface area contributed by atoms with Crippen LogP contribution in [0.3, 0.4) is 0 Å². The number of hydrogen-bond acceptors (Lipinski definition) is 6. The quantitative estimate of drug-likeness (QED) is 0.386. The molecule has 5 heterocycles. The first-order chi connectivity index (χ1) is 15.2. The molecule has 2 aromatic heterocycles. The topological polar surface area (TPSA) is 61.1 Å². The summed E-state index contributed by atoms with van der Waals surface area (Å²) >= 11 is 1.65. The molecule has 0 aliphatic carbocycles. The Kier molecular flexibility index (Phi) is 7.66. The Labute approximate surface area is 188 Å². The van der Waals surface area contributed by atoms with Gasteiger partial charge in [-0.25, -0.2) is 4.79 Å². The minimum Gasteiger partial charge on any atom is -0.467 e. The molecule has 2 bridgehead atoms. The van der Waals surface area contributed by atoms with E-state index in [0.29, 0.717) is 32.2 Å². The molecule has 5 rings (SSSR count). The van der Waals surface area contributed by atoms with Crippen LogP contribution in [0.4, 0.5) is 4.79 Å². The van der Waals surface area contributed by atoms with Crippen LogP contribution in [0.1, 0.15) is 23.5 Å². The second-order valence-electron chi connectivity index (χ2n) is 8.57. The highest BCUT2D eigenvalue weighted by atomic mass is 32.1. The van der Waals surface area contributed by atoms with E-state index in [2.05, 4.69) is 0 Å².